The first-order chi connectivity index (χ1) is 9.56. The van der Waals surface area contributed by atoms with Crippen LogP contribution >= 0.6 is 11.8 Å². The molecular formula is C13H24N4O2S. The third-order valence-corrected chi connectivity index (χ3v) is 4.95. The normalized spacial score (nSPS) is 28.0. The monoisotopic (exact) mass is 300 g/mol. The summed E-state index contributed by atoms with van der Waals surface area (Å²) in [5.41, 5.74) is 5.45. The van der Waals surface area contributed by atoms with Crippen LogP contribution in [-0.2, 0) is 9.59 Å². The fourth-order valence-corrected chi connectivity index (χ4v) is 3.72. The lowest BCUT2D eigenvalue weighted by Gasteiger charge is -2.32. The summed E-state index contributed by atoms with van der Waals surface area (Å²) in [5, 5.41) is 5.84. The zero-order chi connectivity index (χ0) is 14.5. The molecule has 1 saturated carbocycles. The average molecular weight is 300 g/mol. The summed E-state index contributed by atoms with van der Waals surface area (Å²) in [6, 6.07) is 0.382. The van der Waals surface area contributed by atoms with E-state index < -0.39 is 0 Å². The predicted molar refractivity (Wildman–Crippen MR) is 79.8 cm³/mol. The van der Waals surface area contributed by atoms with Gasteiger partial charge in [-0.25, -0.2) is 0 Å². The lowest BCUT2D eigenvalue weighted by molar-refractivity contribution is -0.129. The third-order valence-electron chi connectivity index (χ3n) is 3.95. The summed E-state index contributed by atoms with van der Waals surface area (Å²) in [6.45, 7) is 0. The maximum absolute atomic E-state index is 12.2. The van der Waals surface area contributed by atoms with Crippen molar-refractivity contribution in [3.8, 4) is 0 Å². The molecule has 1 aliphatic heterocycles. The molecule has 2 unspecified atom stereocenters. The Balaban J connectivity index is 1.75. The number of nitrogens with one attached hydrogen (secondary N) is 2. The quantitative estimate of drug-likeness (QED) is 0.690. The third kappa shape index (κ3) is 4.36. The lowest BCUT2D eigenvalue weighted by Crippen LogP contribution is -2.58. The van der Waals surface area contributed by atoms with Crippen molar-refractivity contribution in [3.63, 3.8) is 0 Å². The number of amides is 2. The maximum atomic E-state index is 12.2. The van der Waals surface area contributed by atoms with Crippen LogP contribution in [0.3, 0.4) is 0 Å². The average Bonchev–Trinajstić information content (AvgIpc) is 2.44. The topological polar surface area (TPSA) is 87.5 Å². The van der Waals surface area contributed by atoms with Gasteiger partial charge in [-0.3, -0.25) is 14.9 Å². The number of thioether (sulfide) groups is 1. The molecule has 2 rings (SSSR count). The van der Waals surface area contributed by atoms with Gasteiger partial charge in [0, 0.05) is 13.1 Å². The Morgan fingerprint density at radius 1 is 1.40 bits per heavy atom. The van der Waals surface area contributed by atoms with Crippen molar-refractivity contribution in [1.82, 2.24) is 15.5 Å². The van der Waals surface area contributed by atoms with E-state index >= 15 is 0 Å². The van der Waals surface area contributed by atoms with Gasteiger partial charge in [0.2, 0.25) is 11.8 Å². The van der Waals surface area contributed by atoms with Crippen LogP contribution in [0.2, 0.25) is 0 Å². The van der Waals surface area contributed by atoms with Crippen LogP contribution in [0.25, 0.3) is 0 Å². The van der Waals surface area contributed by atoms with Gasteiger partial charge in [0.05, 0.1) is 18.3 Å². The largest absolute Gasteiger partial charge is 0.342 e. The van der Waals surface area contributed by atoms with E-state index in [0.29, 0.717) is 11.8 Å². The number of nitrogens with two attached hydrogens (primary N) is 1. The van der Waals surface area contributed by atoms with Gasteiger partial charge in [-0.2, -0.15) is 0 Å². The fraction of sp³-hybridized carbons (Fsp3) is 0.846. The molecule has 2 atom stereocenters. The van der Waals surface area contributed by atoms with E-state index in [1.165, 1.54) is 31.0 Å². The number of hydrogen-bond acceptors (Lipinski definition) is 5. The molecular weight excluding hydrogens is 276 g/mol. The highest BCUT2D eigenvalue weighted by Gasteiger charge is 2.26. The van der Waals surface area contributed by atoms with Gasteiger partial charge in [0.25, 0.3) is 0 Å². The molecule has 114 valence electrons. The molecule has 4 N–H and O–H groups in total. The first-order valence-electron chi connectivity index (χ1n) is 7.24. The van der Waals surface area contributed by atoms with E-state index in [2.05, 4.69) is 10.6 Å². The summed E-state index contributed by atoms with van der Waals surface area (Å²) in [4.78, 5) is 25.4. The molecule has 6 nitrogen and oxygen atoms in total. The number of nitrogens with zero attached hydrogens (tertiary/aromatic N) is 1. The van der Waals surface area contributed by atoms with Gasteiger partial charge in [-0.05, 0) is 12.8 Å². The zero-order valence-corrected chi connectivity index (χ0v) is 12.7. The van der Waals surface area contributed by atoms with Crippen molar-refractivity contribution in [3.05, 3.63) is 0 Å². The molecule has 0 bridgehead atoms. The molecule has 2 fully saturated rings. The van der Waals surface area contributed by atoms with Crippen LogP contribution in [0.4, 0.5) is 0 Å². The smallest absolute Gasteiger partial charge is 0.232 e. The van der Waals surface area contributed by atoms with Crippen molar-refractivity contribution in [2.75, 3.05) is 12.8 Å². The molecule has 1 aliphatic carbocycles. The fourth-order valence-electron chi connectivity index (χ4n) is 2.72. The molecule has 1 heterocycles. The summed E-state index contributed by atoms with van der Waals surface area (Å²) in [5.74, 6) is 0.413. The molecule has 2 amide bonds. The predicted octanol–water partition coefficient (Wildman–Crippen LogP) is 0.189. The van der Waals surface area contributed by atoms with Crippen molar-refractivity contribution in [2.24, 2.45) is 5.73 Å². The standard InChI is InChI=1S/C13H24N4O2S/c1-17(9-5-3-2-4-6-9)12(19)8-20-13-15-10(14)7-11(18)16-13/h9-10,13,15H,2-8,14H2,1H3,(H,16,18). The highest BCUT2D eigenvalue weighted by molar-refractivity contribution is 8.00. The first-order valence-corrected chi connectivity index (χ1v) is 8.29. The van der Waals surface area contributed by atoms with Crippen LogP contribution < -0.4 is 16.4 Å². The van der Waals surface area contributed by atoms with E-state index in [1.54, 1.807) is 0 Å². The second kappa shape index (κ2) is 7.28. The van der Waals surface area contributed by atoms with Crippen LogP contribution in [0.1, 0.15) is 38.5 Å². The summed E-state index contributed by atoms with van der Waals surface area (Å²) in [7, 11) is 1.89. The zero-order valence-electron chi connectivity index (χ0n) is 11.9. The Morgan fingerprint density at radius 3 is 2.75 bits per heavy atom. The van der Waals surface area contributed by atoms with Crippen molar-refractivity contribution >= 4 is 23.6 Å². The van der Waals surface area contributed by atoms with E-state index in [-0.39, 0.29) is 29.9 Å². The lowest BCUT2D eigenvalue weighted by atomic mass is 9.94. The molecule has 0 radical (unpaired) electrons. The van der Waals surface area contributed by atoms with Crippen LogP contribution in [0.5, 0.6) is 0 Å². The first kappa shape index (κ1) is 15.6. The Bertz CT molecular complexity index is 360. The highest BCUT2D eigenvalue weighted by atomic mass is 32.2. The van der Waals surface area contributed by atoms with Gasteiger partial charge in [0.15, 0.2) is 0 Å². The minimum Gasteiger partial charge on any atom is -0.342 e. The van der Waals surface area contributed by atoms with Crippen LogP contribution in [0.15, 0.2) is 0 Å². The van der Waals surface area contributed by atoms with Gasteiger partial charge >= 0.3 is 0 Å². The number of carbonyl (C=O) groups excluding carboxylic acids is 2. The molecule has 2 aliphatic rings. The van der Waals surface area contributed by atoms with Crippen molar-refractivity contribution in [2.45, 2.75) is 56.2 Å². The Hall–Kier alpha value is -0.790. The Kier molecular flexibility index (Phi) is 5.68. The van der Waals surface area contributed by atoms with E-state index in [1.807, 2.05) is 11.9 Å². The van der Waals surface area contributed by atoms with Gasteiger partial charge < -0.3 is 16.0 Å². The summed E-state index contributed by atoms with van der Waals surface area (Å²) >= 11 is 1.39. The van der Waals surface area contributed by atoms with Gasteiger partial charge in [0.1, 0.15) is 5.50 Å². The van der Waals surface area contributed by atoms with E-state index in [4.69, 9.17) is 5.73 Å². The van der Waals surface area contributed by atoms with E-state index in [0.717, 1.165) is 12.8 Å². The van der Waals surface area contributed by atoms with Crippen LogP contribution in [0, 0.1) is 0 Å². The molecule has 0 spiro atoms. The number of carbonyl (C=O) groups is 2. The van der Waals surface area contributed by atoms with Crippen LogP contribution in [-0.4, -0.2) is 47.2 Å². The highest BCUT2D eigenvalue weighted by Crippen LogP contribution is 2.22. The number of hydrogen-bond donors (Lipinski definition) is 3. The van der Waals surface area contributed by atoms with E-state index in [9.17, 15) is 9.59 Å². The molecule has 1 saturated heterocycles. The molecule has 0 aromatic carbocycles. The van der Waals surface area contributed by atoms with Crippen molar-refractivity contribution < 1.29 is 9.59 Å². The van der Waals surface area contributed by atoms with Gasteiger partial charge in [-0.15, -0.1) is 11.8 Å². The number of rotatable bonds is 4. The molecule has 7 heteroatoms. The molecule has 20 heavy (non-hydrogen) atoms. The SMILES string of the molecule is CN(C(=O)CSC1NC(=O)CC(N)N1)C1CCCCC1. The second-order valence-corrected chi connectivity index (χ2v) is 6.63. The summed E-state index contributed by atoms with van der Waals surface area (Å²) in [6.07, 6.45) is 5.88. The van der Waals surface area contributed by atoms with Gasteiger partial charge in [-0.1, -0.05) is 19.3 Å². The molecule has 0 aromatic heterocycles. The Labute approximate surface area is 124 Å². The Morgan fingerprint density at radius 2 is 2.10 bits per heavy atom. The second-order valence-electron chi connectivity index (χ2n) is 5.53. The van der Waals surface area contributed by atoms with Crippen molar-refractivity contribution in [1.29, 1.82) is 0 Å². The minimum absolute atomic E-state index is 0.0677. The molecule has 0 aromatic rings. The maximum Gasteiger partial charge on any atom is 0.232 e. The summed E-state index contributed by atoms with van der Waals surface area (Å²) < 4.78 is 0. The minimum atomic E-state index is -0.326.